The number of ketones is 1. The normalized spacial score (nSPS) is 20.5. The fourth-order valence-corrected chi connectivity index (χ4v) is 3.00. The molecule has 1 aliphatic rings. The fourth-order valence-electron chi connectivity index (χ4n) is 1.91. The summed E-state index contributed by atoms with van der Waals surface area (Å²) >= 11 is 1.44. The third-order valence-corrected chi connectivity index (χ3v) is 4.11. The molecule has 1 unspecified atom stereocenters. The number of hydrogen-bond acceptors (Lipinski definition) is 3. The minimum atomic E-state index is -0.0462. The van der Waals surface area contributed by atoms with Gasteiger partial charge >= 0.3 is 0 Å². The lowest BCUT2D eigenvalue weighted by Crippen LogP contribution is -1.97. The molecule has 0 aliphatic heterocycles. The number of allylic oxidation sites excluding steroid dienone is 2. The Morgan fingerprint density at radius 1 is 1.53 bits per heavy atom. The molecule has 3 heteroatoms. The average Bonchev–Trinajstić information content (AvgIpc) is 2.62. The molecule has 0 bridgehead atoms. The van der Waals surface area contributed by atoms with Crippen LogP contribution in [0, 0.1) is 0 Å². The van der Waals surface area contributed by atoms with E-state index in [4.69, 9.17) is 0 Å². The Morgan fingerprint density at radius 2 is 2.33 bits per heavy atom. The first-order valence-corrected chi connectivity index (χ1v) is 5.98. The van der Waals surface area contributed by atoms with Crippen molar-refractivity contribution in [3.8, 4) is 5.75 Å². The summed E-state index contributed by atoms with van der Waals surface area (Å²) in [7, 11) is 0. The van der Waals surface area contributed by atoms with Crippen molar-refractivity contribution in [1.82, 2.24) is 0 Å². The zero-order valence-electron chi connectivity index (χ0n) is 8.69. The number of rotatable bonds is 2. The Kier molecular flexibility index (Phi) is 2.91. The van der Waals surface area contributed by atoms with Crippen LogP contribution in [0.1, 0.15) is 46.7 Å². The van der Waals surface area contributed by atoms with E-state index in [-0.39, 0.29) is 11.5 Å². The monoisotopic (exact) mass is 222 g/mol. The van der Waals surface area contributed by atoms with E-state index in [1.165, 1.54) is 18.3 Å². The van der Waals surface area contributed by atoms with Gasteiger partial charge in [0, 0.05) is 11.8 Å². The molecule has 1 atom stereocenters. The molecule has 0 saturated carbocycles. The summed E-state index contributed by atoms with van der Waals surface area (Å²) in [4.78, 5) is 12.8. The van der Waals surface area contributed by atoms with Gasteiger partial charge in [-0.3, -0.25) is 4.79 Å². The summed E-state index contributed by atoms with van der Waals surface area (Å²) < 4.78 is 0. The van der Waals surface area contributed by atoms with Crippen LogP contribution in [0.2, 0.25) is 0 Å². The van der Waals surface area contributed by atoms with Gasteiger partial charge in [0.25, 0.3) is 0 Å². The highest BCUT2D eigenvalue weighted by molar-refractivity contribution is 7.14. The highest BCUT2D eigenvalue weighted by atomic mass is 32.1. The lowest BCUT2D eigenvalue weighted by molar-refractivity contribution is 0.101. The number of thiophene rings is 1. The molecule has 0 spiro atoms. The van der Waals surface area contributed by atoms with Crippen LogP contribution in [0.4, 0.5) is 0 Å². The van der Waals surface area contributed by atoms with Gasteiger partial charge in [0.1, 0.15) is 10.6 Å². The first-order valence-electron chi connectivity index (χ1n) is 5.17. The minimum absolute atomic E-state index is 0.0462. The smallest absolute Gasteiger partial charge is 0.173 e. The minimum Gasteiger partial charge on any atom is -0.506 e. The zero-order chi connectivity index (χ0) is 10.8. The molecule has 15 heavy (non-hydrogen) atoms. The molecular weight excluding hydrogens is 208 g/mol. The summed E-state index contributed by atoms with van der Waals surface area (Å²) in [6.45, 7) is 1.50. The van der Waals surface area contributed by atoms with Crippen molar-refractivity contribution in [2.75, 3.05) is 0 Å². The summed E-state index contributed by atoms with van der Waals surface area (Å²) in [5.41, 5.74) is 0. The fraction of sp³-hybridized carbons (Fsp3) is 0.417. The summed E-state index contributed by atoms with van der Waals surface area (Å²) in [5.74, 6) is 0.589. The van der Waals surface area contributed by atoms with Gasteiger partial charge in [-0.25, -0.2) is 0 Å². The van der Waals surface area contributed by atoms with E-state index in [2.05, 4.69) is 12.2 Å². The van der Waals surface area contributed by atoms with Gasteiger partial charge in [0.2, 0.25) is 0 Å². The van der Waals surface area contributed by atoms with E-state index >= 15 is 0 Å². The Morgan fingerprint density at radius 3 is 2.87 bits per heavy atom. The van der Waals surface area contributed by atoms with Crippen LogP contribution in [-0.2, 0) is 0 Å². The van der Waals surface area contributed by atoms with Gasteiger partial charge in [-0.15, -0.1) is 11.3 Å². The molecule has 0 amide bonds. The topological polar surface area (TPSA) is 37.3 Å². The van der Waals surface area contributed by atoms with Gasteiger partial charge in [-0.1, -0.05) is 12.2 Å². The van der Waals surface area contributed by atoms with E-state index in [1.54, 1.807) is 6.07 Å². The third-order valence-electron chi connectivity index (χ3n) is 2.72. The maximum Gasteiger partial charge on any atom is 0.173 e. The molecule has 1 N–H and O–H groups in total. The Hall–Kier alpha value is -1.09. The number of carbonyl (C=O) groups is 1. The van der Waals surface area contributed by atoms with Crippen molar-refractivity contribution in [3.05, 3.63) is 28.0 Å². The summed E-state index contributed by atoms with van der Waals surface area (Å²) in [6, 6.07) is 1.76. The lowest BCUT2D eigenvalue weighted by atomic mass is 9.93. The predicted octanol–water partition coefficient (Wildman–Crippen LogP) is 3.48. The second-order valence-electron chi connectivity index (χ2n) is 3.90. The van der Waals surface area contributed by atoms with Crippen LogP contribution >= 0.6 is 11.3 Å². The maximum atomic E-state index is 11.2. The van der Waals surface area contributed by atoms with Gasteiger partial charge < -0.3 is 5.11 Å². The van der Waals surface area contributed by atoms with Crippen molar-refractivity contribution in [3.63, 3.8) is 0 Å². The second-order valence-corrected chi connectivity index (χ2v) is 4.98. The highest BCUT2D eigenvalue weighted by Gasteiger charge is 2.19. The van der Waals surface area contributed by atoms with Crippen molar-refractivity contribution >= 4 is 17.1 Å². The van der Waals surface area contributed by atoms with Gasteiger partial charge in [0.15, 0.2) is 5.78 Å². The van der Waals surface area contributed by atoms with Crippen LogP contribution in [0.25, 0.3) is 0 Å². The van der Waals surface area contributed by atoms with Gasteiger partial charge in [-0.05, 0) is 31.2 Å². The summed E-state index contributed by atoms with van der Waals surface area (Å²) in [6.07, 6.45) is 7.61. The molecule has 0 aromatic carbocycles. The Balaban J connectivity index is 2.25. The SMILES string of the molecule is CC(=O)c1sc(C2CC=CCC2)cc1O. The molecule has 1 aromatic heterocycles. The van der Waals surface area contributed by atoms with Crippen molar-refractivity contribution in [2.24, 2.45) is 0 Å². The molecule has 0 fully saturated rings. The first kappa shape index (κ1) is 10.4. The van der Waals surface area contributed by atoms with E-state index in [9.17, 15) is 9.90 Å². The first-order chi connectivity index (χ1) is 7.18. The molecule has 0 radical (unpaired) electrons. The van der Waals surface area contributed by atoms with Crippen LogP contribution in [0.5, 0.6) is 5.75 Å². The molecule has 2 rings (SSSR count). The van der Waals surface area contributed by atoms with Crippen LogP contribution in [0.3, 0.4) is 0 Å². The molecule has 1 heterocycles. The van der Waals surface area contributed by atoms with Gasteiger partial charge in [-0.2, -0.15) is 0 Å². The third kappa shape index (κ3) is 2.12. The Bertz CT molecular complexity index is 404. The number of carbonyl (C=O) groups excluding carboxylic acids is 1. The standard InChI is InChI=1S/C12H14O2S/c1-8(13)12-10(14)7-11(15-12)9-5-3-2-4-6-9/h2-3,7,9,14H,4-6H2,1H3. The van der Waals surface area contributed by atoms with Crippen LogP contribution in [0.15, 0.2) is 18.2 Å². The van der Waals surface area contributed by atoms with Crippen LogP contribution in [-0.4, -0.2) is 10.9 Å². The summed E-state index contributed by atoms with van der Waals surface area (Å²) in [5, 5.41) is 9.60. The van der Waals surface area contributed by atoms with Crippen molar-refractivity contribution in [2.45, 2.75) is 32.1 Å². The number of Topliss-reactive ketones (excluding diaryl/α,β-unsaturated/α-hetero) is 1. The number of hydrogen-bond donors (Lipinski definition) is 1. The Labute approximate surface area is 93.3 Å². The van der Waals surface area contributed by atoms with E-state index in [0.29, 0.717) is 10.8 Å². The average molecular weight is 222 g/mol. The van der Waals surface area contributed by atoms with E-state index < -0.39 is 0 Å². The van der Waals surface area contributed by atoms with E-state index in [1.807, 2.05) is 0 Å². The zero-order valence-corrected chi connectivity index (χ0v) is 9.51. The van der Waals surface area contributed by atoms with E-state index in [0.717, 1.165) is 24.1 Å². The van der Waals surface area contributed by atoms with Crippen molar-refractivity contribution in [1.29, 1.82) is 0 Å². The maximum absolute atomic E-state index is 11.2. The van der Waals surface area contributed by atoms with Crippen LogP contribution < -0.4 is 0 Å². The highest BCUT2D eigenvalue weighted by Crippen LogP contribution is 2.38. The van der Waals surface area contributed by atoms with Gasteiger partial charge in [0.05, 0.1) is 0 Å². The number of aromatic hydroxyl groups is 1. The quantitative estimate of drug-likeness (QED) is 0.614. The van der Waals surface area contributed by atoms with Crippen molar-refractivity contribution < 1.29 is 9.90 Å². The lowest BCUT2D eigenvalue weighted by Gasteiger charge is -2.15. The molecule has 0 saturated heterocycles. The molecule has 1 aliphatic carbocycles. The second kappa shape index (κ2) is 4.19. The largest absolute Gasteiger partial charge is 0.506 e. The molecule has 1 aromatic rings. The predicted molar refractivity (Wildman–Crippen MR) is 61.7 cm³/mol. The molecule has 80 valence electrons. The molecule has 2 nitrogen and oxygen atoms in total. The molecular formula is C12H14O2S.